The van der Waals surface area contributed by atoms with E-state index in [-0.39, 0.29) is 12.1 Å². The van der Waals surface area contributed by atoms with E-state index in [1.165, 1.54) is 16.7 Å². The summed E-state index contributed by atoms with van der Waals surface area (Å²) in [7, 11) is 2.08. The molecule has 2 rings (SSSR count). The lowest BCUT2D eigenvalue weighted by atomic mass is 10.0. The van der Waals surface area contributed by atoms with Crippen LogP contribution in [0.4, 0.5) is 0 Å². The molecule has 1 amide bonds. The Balaban J connectivity index is 2.15. The first-order valence-electron chi connectivity index (χ1n) is 7.31. The van der Waals surface area contributed by atoms with Crippen molar-refractivity contribution in [1.29, 1.82) is 0 Å². The number of hydrogen-bond acceptors (Lipinski definition) is 3. The third-order valence-electron chi connectivity index (χ3n) is 4.06. The molecule has 0 bridgehead atoms. The van der Waals surface area contributed by atoms with Crippen molar-refractivity contribution in [2.24, 2.45) is 0 Å². The Morgan fingerprint density at radius 1 is 1.40 bits per heavy atom. The highest BCUT2D eigenvalue weighted by atomic mass is 16.2. The Bertz CT molecular complexity index is 487. The predicted molar refractivity (Wildman–Crippen MR) is 81.5 cm³/mol. The number of nitrogens with one attached hydrogen (secondary N) is 1. The molecular weight excluding hydrogens is 250 g/mol. The molecule has 0 aliphatic carbocycles. The van der Waals surface area contributed by atoms with Crippen molar-refractivity contribution in [3.63, 3.8) is 0 Å². The fourth-order valence-electron chi connectivity index (χ4n) is 2.64. The molecule has 0 saturated carbocycles. The first-order chi connectivity index (χ1) is 9.52. The SMILES string of the molecule is CCN(C)CCN1C(=O)CNC1c1ccc(C)cc1C. The fraction of sp³-hybridized carbons (Fsp3) is 0.562. The molecule has 1 aliphatic heterocycles. The zero-order valence-corrected chi connectivity index (χ0v) is 12.9. The molecule has 1 unspecified atom stereocenters. The van der Waals surface area contributed by atoms with E-state index < -0.39 is 0 Å². The number of carbonyl (C=O) groups is 1. The lowest BCUT2D eigenvalue weighted by Gasteiger charge is -2.28. The van der Waals surface area contributed by atoms with Crippen LogP contribution in [0.3, 0.4) is 0 Å². The van der Waals surface area contributed by atoms with Gasteiger partial charge in [-0.05, 0) is 38.6 Å². The van der Waals surface area contributed by atoms with E-state index in [1.807, 2.05) is 4.90 Å². The van der Waals surface area contributed by atoms with Gasteiger partial charge in [-0.25, -0.2) is 0 Å². The number of nitrogens with zero attached hydrogens (tertiary/aromatic N) is 2. The van der Waals surface area contributed by atoms with Crippen LogP contribution in [-0.2, 0) is 4.79 Å². The van der Waals surface area contributed by atoms with Crippen LogP contribution < -0.4 is 5.32 Å². The topological polar surface area (TPSA) is 35.6 Å². The van der Waals surface area contributed by atoms with Crippen LogP contribution in [0.5, 0.6) is 0 Å². The van der Waals surface area contributed by atoms with E-state index in [1.54, 1.807) is 0 Å². The lowest BCUT2D eigenvalue weighted by molar-refractivity contribution is -0.128. The number of benzene rings is 1. The van der Waals surface area contributed by atoms with Crippen molar-refractivity contribution in [2.75, 3.05) is 33.2 Å². The number of rotatable bonds is 5. The monoisotopic (exact) mass is 275 g/mol. The van der Waals surface area contributed by atoms with Crippen molar-refractivity contribution in [2.45, 2.75) is 26.9 Å². The van der Waals surface area contributed by atoms with Crippen molar-refractivity contribution < 1.29 is 4.79 Å². The summed E-state index contributed by atoms with van der Waals surface area (Å²) in [5.74, 6) is 0.194. The highest BCUT2D eigenvalue weighted by molar-refractivity contribution is 5.81. The van der Waals surface area contributed by atoms with Crippen LogP contribution in [-0.4, -0.2) is 48.9 Å². The van der Waals surface area contributed by atoms with Crippen molar-refractivity contribution in [3.05, 3.63) is 34.9 Å². The predicted octanol–water partition coefficient (Wildman–Crippen LogP) is 1.69. The van der Waals surface area contributed by atoms with E-state index in [4.69, 9.17) is 0 Å². The average molecular weight is 275 g/mol. The minimum atomic E-state index is 0.0216. The van der Waals surface area contributed by atoms with E-state index in [0.29, 0.717) is 6.54 Å². The van der Waals surface area contributed by atoms with Gasteiger partial charge in [-0.2, -0.15) is 0 Å². The summed E-state index contributed by atoms with van der Waals surface area (Å²) in [6.45, 7) is 9.46. The van der Waals surface area contributed by atoms with E-state index in [0.717, 1.165) is 19.6 Å². The summed E-state index contributed by atoms with van der Waals surface area (Å²) >= 11 is 0. The highest BCUT2D eigenvalue weighted by Gasteiger charge is 2.31. The maximum atomic E-state index is 12.1. The number of amides is 1. The molecule has 110 valence electrons. The Kier molecular flexibility index (Phi) is 4.78. The third-order valence-corrected chi connectivity index (χ3v) is 4.06. The van der Waals surface area contributed by atoms with Gasteiger partial charge in [0, 0.05) is 13.1 Å². The van der Waals surface area contributed by atoms with Crippen LogP contribution >= 0.6 is 0 Å². The second kappa shape index (κ2) is 6.37. The standard InChI is InChI=1S/C16H25N3O/c1-5-18(4)8-9-19-15(20)11-17-16(19)14-7-6-12(2)10-13(14)3/h6-7,10,16-17H,5,8-9,11H2,1-4H3. The van der Waals surface area contributed by atoms with Crippen molar-refractivity contribution >= 4 is 5.91 Å². The molecule has 1 heterocycles. The fourth-order valence-corrected chi connectivity index (χ4v) is 2.64. The molecule has 20 heavy (non-hydrogen) atoms. The highest BCUT2D eigenvalue weighted by Crippen LogP contribution is 2.25. The first kappa shape index (κ1) is 15.0. The number of carbonyl (C=O) groups excluding carboxylic acids is 1. The minimum absolute atomic E-state index is 0.0216. The summed E-state index contributed by atoms with van der Waals surface area (Å²) < 4.78 is 0. The van der Waals surface area contributed by atoms with Gasteiger partial charge in [-0.3, -0.25) is 10.1 Å². The zero-order chi connectivity index (χ0) is 14.7. The van der Waals surface area contributed by atoms with Crippen LogP contribution in [0.2, 0.25) is 0 Å². The van der Waals surface area contributed by atoms with Gasteiger partial charge in [-0.15, -0.1) is 0 Å². The maximum absolute atomic E-state index is 12.1. The van der Waals surface area contributed by atoms with Gasteiger partial charge < -0.3 is 9.80 Å². The second-order valence-electron chi connectivity index (χ2n) is 5.63. The molecule has 0 spiro atoms. The summed E-state index contributed by atoms with van der Waals surface area (Å²) in [6, 6.07) is 6.43. The van der Waals surface area contributed by atoms with E-state index >= 15 is 0 Å². The van der Waals surface area contributed by atoms with E-state index in [2.05, 4.69) is 56.2 Å². The normalized spacial score (nSPS) is 19.1. The third kappa shape index (κ3) is 3.19. The van der Waals surface area contributed by atoms with Crippen LogP contribution in [0.1, 0.15) is 29.8 Å². The Morgan fingerprint density at radius 2 is 2.15 bits per heavy atom. The van der Waals surface area contributed by atoms with Gasteiger partial charge in [0.1, 0.15) is 6.17 Å². The van der Waals surface area contributed by atoms with Crippen LogP contribution in [0.25, 0.3) is 0 Å². The molecule has 1 saturated heterocycles. The number of hydrogen-bond donors (Lipinski definition) is 1. The molecule has 0 radical (unpaired) electrons. The molecule has 1 N–H and O–H groups in total. The summed E-state index contributed by atoms with van der Waals surface area (Å²) in [5, 5.41) is 3.33. The molecule has 4 heteroatoms. The number of likely N-dealkylation sites (N-methyl/N-ethyl adjacent to an activating group) is 1. The Labute approximate surface area is 121 Å². The summed E-state index contributed by atoms with van der Waals surface area (Å²) in [4.78, 5) is 16.3. The van der Waals surface area contributed by atoms with Gasteiger partial charge in [0.25, 0.3) is 0 Å². The maximum Gasteiger partial charge on any atom is 0.238 e. The molecular formula is C16H25N3O. The first-order valence-corrected chi connectivity index (χ1v) is 7.31. The Hall–Kier alpha value is -1.39. The zero-order valence-electron chi connectivity index (χ0n) is 12.9. The largest absolute Gasteiger partial charge is 0.321 e. The summed E-state index contributed by atoms with van der Waals surface area (Å²) in [6.07, 6.45) is 0.0216. The minimum Gasteiger partial charge on any atom is -0.321 e. The average Bonchev–Trinajstić information content (AvgIpc) is 2.77. The van der Waals surface area contributed by atoms with Gasteiger partial charge in [0.2, 0.25) is 5.91 Å². The Morgan fingerprint density at radius 3 is 2.80 bits per heavy atom. The molecule has 0 aromatic heterocycles. The number of aryl methyl sites for hydroxylation is 2. The van der Waals surface area contributed by atoms with Crippen molar-refractivity contribution in [1.82, 2.24) is 15.1 Å². The summed E-state index contributed by atoms with van der Waals surface area (Å²) in [5.41, 5.74) is 3.71. The smallest absolute Gasteiger partial charge is 0.238 e. The van der Waals surface area contributed by atoms with E-state index in [9.17, 15) is 4.79 Å². The van der Waals surface area contributed by atoms with Gasteiger partial charge >= 0.3 is 0 Å². The van der Waals surface area contributed by atoms with Gasteiger partial charge in [0.15, 0.2) is 0 Å². The molecule has 1 aliphatic rings. The van der Waals surface area contributed by atoms with Crippen LogP contribution in [0.15, 0.2) is 18.2 Å². The second-order valence-corrected chi connectivity index (χ2v) is 5.63. The van der Waals surface area contributed by atoms with Gasteiger partial charge in [-0.1, -0.05) is 30.7 Å². The molecule has 4 nitrogen and oxygen atoms in total. The quantitative estimate of drug-likeness (QED) is 0.888. The van der Waals surface area contributed by atoms with Gasteiger partial charge in [0.05, 0.1) is 6.54 Å². The molecule has 1 fully saturated rings. The lowest BCUT2D eigenvalue weighted by Crippen LogP contribution is -2.37. The molecule has 1 atom stereocenters. The van der Waals surface area contributed by atoms with Crippen LogP contribution in [0, 0.1) is 13.8 Å². The van der Waals surface area contributed by atoms with Crippen molar-refractivity contribution in [3.8, 4) is 0 Å². The molecule has 1 aromatic rings. The molecule has 1 aromatic carbocycles.